The first kappa shape index (κ1) is 15.3. The molecule has 2 rings (SSSR count). The molecule has 0 aromatic carbocycles. The molecule has 0 fully saturated rings. The first-order chi connectivity index (χ1) is 9.49. The lowest BCUT2D eigenvalue weighted by Gasteiger charge is -2.20. The number of aryl methyl sites for hydroxylation is 2. The van der Waals surface area contributed by atoms with Crippen molar-refractivity contribution in [1.82, 2.24) is 24.2 Å². The Morgan fingerprint density at radius 1 is 1.35 bits per heavy atom. The minimum Gasteiger partial charge on any atom is -0.308 e. The minimum absolute atomic E-state index is 0.314. The van der Waals surface area contributed by atoms with Crippen molar-refractivity contribution >= 4 is 22.8 Å². The molecule has 112 valence electrons. The number of halogens is 1. The van der Waals surface area contributed by atoms with Crippen molar-refractivity contribution in [1.29, 1.82) is 0 Å². The molecule has 0 aliphatic rings. The summed E-state index contributed by atoms with van der Waals surface area (Å²) in [6.07, 6.45) is 2.03. The van der Waals surface area contributed by atoms with E-state index in [1.807, 2.05) is 11.7 Å². The maximum atomic E-state index is 6.10. The van der Waals surface area contributed by atoms with Gasteiger partial charge in [-0.1, -0.05) is 13.3 Å². The SMILES string of the molecule is CCCc1nn(C)c2c1nc(CCl)n2C(C)CN(C)C. The molecule has 1 atom stereocenters. The van der Waals surface area contributed by atoms with Crippen molar-refractivity contribution in [3.63, 3.8) is 0 Å². The van der Waals surface area contributed by atoms with Gasteiger partial charge in [0.2, 0.25) is 0 Å². The predicted octanol–water partition coefficient (Wildman–Crippen LogP) is 2.58. The summed E-state index contributed by atoms with van der Waals surface area (Å²) >= 11 is 6.10. The molecule has 0 bridgehead atoms. The molecule has 0 saturated heterocycles. The fraction of sp³-hybridized carbons (Fsp3) is 0.714. The maximum absolute atomic E-state index is 6.10. The van der Waals surface area contributed by atoms with Gasteiger partial charge in [0.05, 0.1) is 11.6 Å². The fourth-order valence-electron chi connectivity index (χ4n) is 2.82. The molecular weight excluding hydrogens is 274 g/mol. The number of rotatable bonds is 6. The Balaban J connectivity index is 2.56. The quantitative estimate of drug-likeness (QED) is 0.769. The second-order valence-corrected chi connectivity index (χ2v) is 5.90. The Bertz CT molecular complexity index is 584. The third-order valence-electron chi connectivity index (χ3n) is 3.49. The van der Waals surface area contributed by atoms with Crippen LogP contribution in [0.4, 0.5) is 0 Å². The van der Waals surface area contributed by atoms with E-state index >= 15 is 0 Å². The Morgan fingerprint density at radius 3 is 2.60 bits per heavy atom. The van der Waals surface area contributed by atoms with E-state index in [1.165, 1.54) is 0 Å². The van der Waals surface area contributed by atoms with Crippen LogP contribution in [0.5, 0.6) is 0 Å². The largest absolute Gasteiger partial charge is 0.308 e. The second kappa shape index (κ2) is 6.14. The highest BCUT2D eigenvalue weighted by Crippen LogP contribution is 2.25. The van der Waals surface area contributed by atoms with E-state index in [1.54, 1.807) is 0 Å². The summed E-state index contributed by atoms with van der Waals surface area (Å²) in [6, 6.07) is 0.314. The molecule has 0 radical (unpaired) electrons. The average molecular weight is 298 g/mol. The number of hydrogen-bond acceptors (Lipinski definition) is 3. The van der Waals surface area contributed by atoms with E-state index in [9.17, 15) is 0 Å². The molecule has 5 nitrogen and oxygen atoms in total. The normalized spacial score (nSPS) is 13.6. The predicted molar refractivity (Wildman–Crippen MR) is 83.3 cm³/mol. The van der Waals surface area contributed by atoms with Gasteiger partial charge in [-0.3, -0.25) is 4.68 Å². The molecule has 20 heavy (non-hydrogen) atoms. The van der Waals surface area contributed by atoms with Gasteiger partial charge in [-0.15, -0.1) is 11.6 Å². The first-order valence-electron chi connectivity index (χ1n) is 7.12. The number of nitrogens with zero attached hydrogens (tertiary/aromatic N) is 5. The Labute approximate surface area is 125 Å². The summed E-state index contributed by atoms with van der Waals surface area (Å²) in [5.74, 6) is 1.36. The van der Waals surface area contributed by atoms with Crippen LogP contribution >= 0.6 is 11.6 Å². The molecule has 2 heterocycles. The summed E-state index contributed by atoms with van der Waals surface area (Å²) < 4.78 is 4.17. The Morgan fingerprint density at radius 2 is 2.05 bits per heavy atom. The Hall–Kier alpha value is -1.07. The third kappa shape index (κ3) is 2.69. The fourth-order valence-corrected chi connectivity index (χ4v) is 3.01. The second-order valence-electron chi connectivity index (χ2n) is 5.64. The van der Waals surface area contributed by atoms with Gasteiger partial charge in [-0.2, -0.15) is 5.10 Å². The smallest absolute Gasteiger partial charge is 0.159 e. The zero-order valence-electron chi connectivity index (χ0n) is 13.0. The molecule has 0 N–H and O–H groups in total. The number of hydrogen-bond donors (Lipinski definition) is 0. The third-order valence-corrected chi connectivity index (χ3v) is 3.73. The molecule has 0 aliphatic carbocycles. The molecule has 1 unspecified atom stereocenters. The van der Waals surface area contributed by atoms with Crippen LogP contribution in [-0.4, -0.2) is 44.9 Å². The van der Waals surface area contributed by atoms with Gasteiger partial charge in [0.25, 0.3) is 0 Å². The summed E-state index contributed by atoms with van der Waals surface area (Å²) in [4.78, 5) is 6.91. The molecular formula is C14H24ClN5. The number of imidazole rings is 1. The van der Waals surface area contributed by atoms with Crippen molar-refractivity contribution in [2.24, 2.45) is 7.05 Å². The average Bonchev–Trinajstić information content (AvgIpc) is 2.88. The number of aromatic nitrogens is 4. The van der Waals surface area contributed by atoms with Crippen LogP contribution in [0.2, 0.25) is 0 Å². The molecule has 0 spiro atoms. The topological polar surface area (TPSA) is 38.9 Å². The van der Waals surface area contributed by atoms with Crippen LogP contribution in [0.3, 0.4) is 0 Å². The lowest BCUT2D eigenvalue weighted by Crippen LogP contribution is -2.24. The molecule has 2 aromatic heterocycles. The lowest BCUT2D eigenvalue weighted by molar-refractivity contribution is 0.336. The van der Waals surface area contributed by atoms with Gasteiger partial charge in [0.15, 0.2) is 5.65 Å². The van der Waals surface area contributed by atoms with E-state index in [0.717, 1.165) is 42.1 Å². The first-order valence-corrected chi connectivity index (χ1v) is 7.66. The number of likely N-dealkylation sites (N-methyl/N-ethyl adjacent to an activating group) is 1. The van der Waals surface area contributed by atoms with Crippen molar-refractivity contribution in [2.45, 2.75) is 38.6 Å². The van der Waals surface area contributed by atoms with E-state index in [2.05, 4.69) is 42.5 Å². The lowest BCUT2D eigenvalue weighted by atomic mass is 10.2. The molecule has 0 amide bonds. The van der Waals surface area contributed by atoms with Crippen LogP contribution in [0, 0.1) is 0 Å². The van der Waals surface area contributed by atoms with E-state index < -0.39 is 0 Å². The van der Waals surface area contributed by atoms with Gasteiger partial charge >= 0.3 is 0 Å². The van der Waals surface area contributed by atoms with Crippen LogP contribution in [0.15, 0.2) is 0 Å². The van der Waals surface area contributed by atoms with Gasteiger partial charge < -0.3 is 9.47 Å². The summed E-state index contributed by atoms with van der Waals surface area (Å²) in [7, 11) is 6.15. The summed E-state index contributed by atoms with van der Waals surface area (Å²) in [5, 5.41) is 4.61. The van der Waals surface area contributed by atoms with Crippen LogP contribution < -0.4 is 0 Å². The standard InChI is InChI=1S/C14H24ClN5/c1-6-7-11-13-14(19(5)17-11)20(12(8-15)16-13)10(2)9-18(3)4/h10H,6-9H2,1-5H3. The molecule has 0 saturated carbocycles. The van der Waals surface area contributed by atoms with Gasteiger partial charge in [-0.05, 0) is 27.4 Å². The van der Waals surface area contributed by atoms with Crippen molar-refractivity contribution in [3.05, 3.63) is 11.5 Å². The van der Waals surface area contributed by atoms with Crippen molar-refractivity contribution < 1.29 is 0 Å². The van der Waals surface area contributed by atoms with E-state index in [-0.39, 0.29) is 0 Å². The van der Waals surface area contributed by atoms with Gasteiger partial charge in [0, 0.05) is 19.6 Å². The van der Waals surface area contributed by atoms with Crippen LogP contribution in [0.1, 0.15) is 37.8 Å². The van der Waals surface area contributed by atoms with E-state index in [0.29, 0.717) is 11.9 Å². The Kier molecular flexibility index (Phi) is 4.70. The highest BCUT2D eigenvalue weighted by Gasteiger charge is 2.21. The van der Waals surface area contributed by atoms with Crippen molar-refractivity contribution in [3.8, 4) is 0 Å². The molecule has 0 aliphatic heterocycles. The monoisotopic (exact) mass is 297 g/mol. The van der Waals surface area contributed by atoms with Gasteiger partial charge in [0.1, 0.15) is 11.3 Å². The van der Waals surface area contributed by atoms with Gasteiger partial charge in [-0.25, -0.2) is 4.98 Å². The zero-order valence-corrected chi connectivity index (χ0v) is 13.8. The zero-order chi connectivity index (χ0) is 14.9. The van der Waals surface area contributed by atoms with Crippen LogP contribution in [-0.2, 0) is 19.3 Å². The van der Waals surface area contributed by atoms with Crippen molar-refractivity contribution in [2.75, 3.05) is 20.6 Å². The number of fused-ring (bicyclic) bond motifs is 1. The molecule has 2 aromatic rings. The summed E-state index contributed by atoms with van der Waals surface area (Å²) in [6.45, 7) is 5.31. The van der Waals surface area contributed by atoms with E-state index in [4.69, 9.17) is 16.6 Å². The van der Waals surface area contributed by atoms with Crippen LogP contribution in [0.25, 0.3) is 11.2 Å². The number of alkyl halides is 1. The maximum Gasteiger partial charge on any atom is 0.159 e. The molecule has 6 heteroatoms. The highest BCUT2D eigenvalue weighted by molar-refractivity contribution is 6.16. The minimum atomic E-state index is 0.314. The highest BCUT2D eigenvalue weighted by atomic mass is 35.5. The summed E-state index contributed by atoms with van der Waals surface area (Å²) in [5.41, 5.74) is 3.17.